The van der Waals surface area contributed by atoms with E-state index in [1.807, 2.05) is 55.4 Å². The predicted molar refractivity (Wildman–Crippen MR) is 172 cm³/mol. The van der Waals surface area contributed by atoms with Gasteiger partial charge in [-0.25, -0.2) is 9.59 Å². The number of amides is 4. The smallest absolute Gasteiger partial charge is 0.327 e. The van der Waals surface area contributed by atoms with Gasteiger partial charge in [0, 0.05) is 23.9 Å². The van der Waals surface area contributed by atoms with Crippen LogP contribution in [0.3, 0.4) is 0 Å². The van der Waals surface area contributed by atoms with Crippen LogP contribution in [0.4, 0.5) is 9.59 Å². The molecule has 0 spiro atoms. The van der Waals surface area contributed by atoms with Gasteiger partial charge in [0.25, 0.3) is 0 Å². The number of urea groups is 2. The Morgan fingerprint density at radius 3 is 1.28 bits per heavy atom. The molecule has 10 nitrogen and oxygen atoms in total. The molecule has 0 aromatic rings. The van der Waals surface area contributed by atoms with Crippen molar-refractivity contribution < 1.29 is 9.59 Å². The molecule has 0 bridgehead atoms. The van der Waals surface area contributed by atoms with Gasteiger partial charge in [-0.2, -0.15) is 0 Å². The summed E-state index contributed by atoms with van der Waals surface area (Å²) in [5, 5.41) is 0.124. The number of likely N-dealkylation sites (N-methyl/N-ethyl adjacent to an activating group) is 2. The molecule has 2 aliphatic rings. The molecule has 0 saturated carbocycles. The molecule has 2 heterocycles. The first kappa shape index (κ1) is 33.3. The van der Waals surface area contributed by atoms with Crippen molar-refractivity contribution in [3.05, 3.63) is 0 Å². The molecule has 39 heavy (non-hydrogen) atoms. The minimum atomic E-state index is -0.618. The van der Waals surface area contributed by atoms with Gasteiger partial charge in [-0.1, -0.05) is 66.0 Å². The van der Waals surface area contributed by atoms with Crippen LogP contribution in [0.15, 0.2) is 0 Å². The quantitative estimate of drug-likeness (QED) is 0.249. The Hall–Kier alpha value is -1.90. The monoisotopic (exact) mass is 616 g/mol. The topological polar surface area (TPSA) is 106 Å². The zero-order valence-electron chi connectivity index (χ0n) is 24.4. The highest BCUT2D eigenvalue weighted by atomic mass is 32.1. The molecule has 4 N–H and O–H groups in total. The Morgan fingerprint density at radius 1 is 0.769 bits per heavy atom. The number of rotatable bonds is 12. The summed E-state index contributed by atoms with van der Waals surface area (Å²) in [6.07, 6.45) is 0.165. The lowest BCUT2D eigenvalue weighted by molar-refractivity contribution is -0.00325. The fraction of sp³-hybridized carbons (Fsp3) is 0.760. The van der Waals surface area contributed by atoms with Gasteiger partial charge in [0.2, 0.25) is 0 Å². The van der Waals surface area contributed by atoms with E-state index in [4.69, 9.17) is 60.3 Å². The third-order valence-electron chi connectivity index (χ3n) is 8.08. The highest BCUT2D eigenvalue weighted by molar-refractivity contribution is 7.81. The van der Waals surface area contributed by atoms with Gasteiger partial charge < -0.3 is 31.1 Å². The second kappa shape index (κ2) is 12.7. The van der Waals surface area contributed by atoms with Crippen molar-refractivity contribution in [3.8, 4) is 0 Å². The third-order valence-corrected chi connectivity index (χ3v) is 9.20. The van der Waals surface area contributed by atoms with Crippen molar-refractivity contribution in [2.24, 2.45) is 22.3 Å². The van der Waals surface area contributed by atoms with Gasteiger partial charge in [-0.3, -0.25) is 9.80 Å². The van der Waals surface area contributed by atoms with Gasteiger partial charge in [0.1, 0.15) is 22.3 Å². The molecule has 2 atom stereocenters. The summed E-state index contributed by atoms with van der Waals surface area (Å²) in [6, 6.07) is -0.394. The summed E-state index contributed by atoms with van der Waals surface area (Å²) in [5.74, 6) is 0. The zero-order valence-corrected chi connectivity index (χ0v) is 27.7. The fourth-order valence-corrected chi connectivity index (χ4v) is 5.98. The lowest BCUT2D eigenvalue weighted by atomic mass is 9.84. The van der Waals surface area contributed by atoms with E-state index in [0.717, 1.165) is 0 Å². The van der Waals surface area contributed by atoms with Crippen LogP contribution >= 0.6 is 48.9 Å². The van der Waals surface area contributed by atoms with Crippen molar-refractivity contribution in [1.29, 1.82) is 0 Å². The van der Waals surface area contributed by atoms with E-state index in [9.17, 15) is 9.59 Å². The Balaban J connectivity index is 2.69. The van der Waals surface area contributed by atoms with E-state index < -0.39 is 23.2 Å². The minimum Gasteiger partial charge on any atom is -0.376 e. The number of nitrogens with zero attached hydrogens (tertiary/aromatic N) is 6. The van der Waals surface area contributed by atoms with Crippen LogP contribution in [-0.4, -0.2) is 107 Å². The van der Waals surface area contributed by atoms with Crippen LogP contribution in [0.1, 0.15) is 68.2 Å². The van der Waals surface area contributed by atoms with Crippen LogP contribution in [0.2, 0.25) is 0 Å². The number of hydrogen-bond donors (Lipinski definition) is 2. The van der Waals surface area contributed by atoms with E-state index >= 15 is 0 Å². The van der Waals surface area contributed by atoms with Crippen LogP contribution in [0.25, 0.3) is 0 Å². The van der Waals surface area contributed by atoms with E-state index in [-0.39, 0.29) is 29.0 Å². The highest BCUT2D eigenvalue weighted by Gasteiger charge is 2.50. The molecule has 0 aromatic carbocycles. The lowest BCUT2D eigenvalue weighted by Crippen LogP contribution is -2.67. The normalized spacial score (nSPS) is 18.3. The Morgan fingerprint density at radius 2 is 1.08 bits per heavy atom. The molecular formula is C25H44N8O2S4. The average Bonchev–Trinajstić information content (AvgIpc) is 3.31. The number of carbonyl (C=O) groups is 2. The van der Waals surface area contributed by atoms with E-state index in [1.165, 1.54) is 0 Å². The van der Waals surface area contributed by atoms with Crippen LogP contribution in [-0.2, 0) is 0 Å². The molecule has 0 aliphatic carbocycles. The first-order valence-corrected chi connectivity index (χ1v) is 15.0. The molecule has 0 aromatic heterocycles. The molecule has 2 rings (SSSR count). The van der Waals surface area contributed by atoms with Crippen LogP contribution in [0, 0.1) is 10.8 Å². The Kier molecular flexibility index (Phi) is 10.9. The van der Waals surface area contributed by atoms with Crippen molar-refractivity contribution in [2.75, 3.05) is 32.8 Å². The van der Waals surface area contributed by atoms with Gasteiger partial charge >= 0.3 is 12.1 Å². The largest absolute Gasteiger partial charge is 0.376 e. The molecule has 0 radical (unpaired) electrons. The summed E-state index contributed by atoms with van der Waals surface area (Å²) in [6.45, 7) is 17.9. The predicted octanol–water partition coefficient (Wildman–Crippen LogP) is 3.73. The number of carbonyl (C=O) groups excluding carboxylic acids is 2. The second-order valence-corrected chi connectivity index (χ2v) is 13.1. The molecule has 2 saturated heterocycles. The summed E-state index contributed by atoms with van der Waals surface area (Å²) >= 11 is 22.6. The molecule has 2 aliphatic heterocycles. The lowest BCUT2D eigenvalue weighted by Gasteiger charge is -2.51. The van der Waals surface area contributed by atoms with Crippen molar-refractivity contribution in [2.45, 2.75) is 80.6 Å². The number of hydrogen-bond acceptors (Lipinski definition) is 6. The van der Waals surface area contributed by atoms with Gasteiger partial charge in [-0.15, -0.1) is 0 Å². The number of nitrogens with two attached hydrogens (primary N) is 2. The van der Waals surface area contributed by atoms with E-state index in [0.29, 0.717) is 49.0 Å². The van der Waals surface area contributed by atoms with Crippen LogP contribution < -0.4 is 11.5 Å². The average molecular weight is 617 g/mol. The maximum Gasteiger partial charge on any atom is 0.327 e. The first-order chi connectivity index (χ1) is 18.0. The summed E-state index contributed by atoms with van der Waals surface area (Å²) < 4.78 is 0. The molecule has 2 unspecified atom stereocenters. The summed E-state index contributed by atoms with van der Waals surface area (Å²) in [5.41, 5.74) is 11.8. The van der Waals surface area contributed by atoms with E-state index in [1.54, 1.807) is 29.4 Å². The second-order valence-electron chi connectivity index (χ2n) is 11.3. The van der Waals surface area contributed by atoms with Crippen LogP contribution in [0.5, 0.6) is 0 Å². The highest BCUT2D eigenvalue weighted by Crippen LogP contribution is 2.38. The minimum absolute atomic E-state index is 0.0316. The molecule has 14 heteroatoms. The molecule has 2 fully saturated rings. The van der Waals surface area contributed by atoms with E-state index in [2.05, 4.69) is 0 Å². The van der Waals surface area contributed by atoms with Crippen molar-refractivity contribution in [3.63, 3.8) is 0 Å². The third kappa shape index (κ3) is 6.54. The maximum atomic E-state index is 13.5. The summed E-state index contributed by atoms with van der Waals surface area (Å²) in [4.78, 5) is 38.1. The molecular weight excluding hydrogens is 573 g/mol. The standard InChI is InChI=1S/C25H44N8O2S4/c1-9-24(5,6)18(32-16(36)13-28(11-3)22(32)34)30(20(26)38)15-31(21(27)39)19(25(7,8)10-2)33-17(37)14-29(12-4)23(33)35/h18-19H,9-15H2,1-8H3,(H2,26,38)(H2,27,39). The Bertz CT molecular complexity index is 942. The number of thiocarbonyl (C=S) groups is 4. The first-order valence-electron chi connectivity index (χ1n) is 13.3. The SMILES string of the molecule is CCN1CC(=S)N(C(N(CN(C(N)=S)C(N2C(=O)N(CC)CC2=S)C(C)(C)CC)C(N)=S)C(C)(C)CC)C1=O. The van der Waals surface area contributed by atoms with Crippen molar-refractivity contribution >= 4 is 81.1 Å². The maximum absolute atomic E-state index is 13.5. The van der Waals surface area contributed by atoms with Gasteiger partial charge in [0.15, 0.2) is 10.2 Å². The van der Waals surface area contributed by atoms with Gasteiger partial charge in [0.05, 0.1) is 19.8 Å². The van der Waals surface area contributed by atoms with Gasteiger partial charge in [-0.05, 0) is 51.1 Å². The molecule has 4 amide bonds. The molecule has 220 valence electrons. The van der Waals surface area contributed by atoms with Crippen molar-refractivity contribution in [1.82, 2.24) is 29.4 Å². The Labute approximate surface area is 254 Å². The zero-order chi connectivity index (χ0) is 30.0. The fourth-order valence-electron chi connectivity index (χ4n) is 4.99. The summed E-state index contributed by atoms with van der Waals surface area (Å²) in [7, 11) is 0.